The van der Waals surface area contributed by atoms with Crippen molar-refractivity contribution in [2.45, 2.75) is 63.1 Å². The zero-order valence-electron chi connectivity index (χ0n) is 22.0. The topological polar surface area (TPSA) is 76.2 Å². The SMILES string of the molecule is CC(=O)CN1CC[C@]23c4c5ccc(OC(C)=O)c4O[C@H]2[C@@H](N(C)C(=O)C#Cc2ccccc2)CC[C@H]3[C@H]1C5. The van der Waals surface area contributed by atoms with Gasteiger partial charge in [0.1, 0.15) is 11.9 Å². The predicted octanol–water partition coefficient (Wildman–Crippen LogP) is 3.12. The molecule has 7 heteroatoms. The Morgan fingerprint density at radius 2 is 1.92 bits per heavy atom. The van der Waals surface area contributed by atoms with Gasteiger partial charge in [-0.15, -0.1) is 0 Å². The molecule has 1 saturated heterocycles. The van der Waals surface area contributed by atoms with Gasteiger partial charge in [-0.05, 0) is 68.8 Å². The Bertz CT molecular complexity index is 1380. The van der Waals surface area contributed by atoms with Gasteiger partial charge in [-0.25, -0.2) is 0 Å². The van der Waals surface area contributed by atoms with Gasteiger partial charge in [-0.3, -0.25) is 19.3 Å². The van der Waals surface area contributed by atoms with Gasteiger partial charge in [-0.2, -0.15) is 0 Å². The van der Waals surface area contributed by atoms with Crippen LogP contribution in [0.15, 0.2) is 42.5 Å². The molecule has 2 aromatic rings. The number of likely N-dealkylation sites (tertiary alicyclic amines) is 1. The van der Waals surface area contributed by atoms with Crippen molar-refractivity contribution in [2.75, 3.05) is 20.1 Å². The van der Waals surface area contributed by atoms with Crippen LogP contribution in [0.5, 0.6) is 11.5 Å². The number of hydrogen-bond acceptors (Lipinski definition) is 6. The summed E-state index contributed by atoms with van der Waals surface area (Å²) in [6.45, 7) is 4.29. The molecule has 5 atom stereocenters. The normalized spacial score (nSPS) is 28.3. The third-order valence-electron chi connectivity index (χ3n) is 8.97. The zero-order chi connectivity index (χ0) is 26.6. The number of ether oxygens (including phenoxy) is 2. The van der Waals surface area contributed by atoms with E-state index in [1.807, 2.05) is 43.4 Å². The number of benzene rings is 2. The summed E-state index contributed by atoms with van der Waals surface area (Å²) in [5.41, 5.74) is 2.82. The summed E-state index contributed by atoms with van der Waals surface area (Å²) in [6, 6.07) is 13.4. The molecule has 2 aromatic carbocycles. The lowest BCUT2D eigenvalue weighted by Gasteiger charge is -2.60. The minimum Gasteiger partial charge on any atom is -0.483 e. The van der Waals surface area contributed by atoms with E-state index in [0.29, 0.717) is 18.0 Å². The van der Waals surface area contributed by atoms with Crippen molar-refractivity contribution in [2.24, 2.45) is 5.92 Å². The first-order chi connectivity index (χ1) is 18.3. The molecule has 2 fully saturated rings. The quantitative estimate of drug-likeness (QED) is 0.356. The van der Waals surface area contributed by atoms with Crippen LogP contribution in [0.4, 0.5) is 0 Å². The molecule has 2 bridgehead atoms. The van der Waals surface area contributed by atoms with Crippen LogP contribution < -0.4 is 9.47 Å². The van der Waals surface area contributed by atoms with E-state index in [1.165, 1.54) is 12.5 Å². The fourth-order valence-corrected chi connectivity index (χ4v) is 7.59. The Hall–Kier alpha value is -3.63. The number of nitrogens with zero attached hydrogens (tertiary/aromatic N) is 2. The van der Waals surface area contributed by atoms with E-state index < -0.39 is 5.97 Å². The minimum absolute atomic E-state index is 0.174. The first kappa shape index (κ1) is 24.7. The van der Waals surface area contributed by atoms with Crippen LogP contribution in [0.2, 0.25) is 0 Å². The van der Waals surface area contributed by atoms with Crippen molar-refractivity contribution in [3.8, 4) is 23.3 Å². The summed E-state index contributed by atoms with van der Waals surface area (Å²) in [7, 11) is 1.81. The number of likely N-dealkylation sites (N-methyl/N-ethyl adjacent to an activating group) is 1. The fourth-order valence-electron chi connectivity index (χ4n) is 7.59. The number of Topliss-reactive ketones (excluding diaryl/α,β-unsaturated/α-hetero) is 1. The Labute approximate surface area is 223 Å². The highest BCUT2D eigenvalue weighted by molar-refractivity contribution is 5.94. The highest BCUT2D eigenvalue weighted by Crippen LogP contribution is 2.64. The molecule has 1 saturated carbocycles. The Morgan fingerprint density at radius 1 is 1.13 bits per heavy atom. The smallest absolute Gasteiger partial charge is 0.308 e. The highest BCUT2D eigenvalue weighted by Gasteiger charge is 2.66. The van der Waals surface area contributed by atoms with E-state index in [1.54, 1.807) is 11.8 Å². The van der Waals surface area contributed by atoms with Gasteiger partial charge in [0, 0.05) is 42.5 Å². The van der Waals surface area contributed by atoms with E-state index in [2.05, 4.69) is 22.8 Å². The lowest BCUT2D eigenvalue weighted by Crippen LogP contribution is -2.69. The number of carbonyl (C=O) groups is 3. The molecular formula is C31H32N2O5. The third kappa shape index (κ3) is 3.82. The summed E-state index contributed by atoms with van der Waals surface area (Å²) >= 11 is 0. The van der Waals surface area contributed by atoms with Crippen molar-refractivity contribution >= 4 is 17.7 Å². The van der Waals surface area contributed by atoms with Crippen molar-refractivity contribution in [1.29, 1.82) is 0 Å². The molecule has 38 heavy (non-hydrogen) atoms. The summed E-state index contributed by atoms with van der Waals surface area (Å²) in [6.07, 6.45) is 3.08. The first-order valence-electron chi connectivity index (χ1n) is 13.4. The standard InChI is InChI=1S/C31H32N2O5/c1-19(34)18-33-16-15-31-23-11-12-24(32(3)27(36)14-9-21-7-5-4-6-8-21)30(31)38-29-26(37-20(2)35)13-10-22(28(29)31)17-25(23)33/h4-8,10,13,23-25,30H,11-12,15-18H2,1-3H3/t23-,24-,25+,30-,31-/m0/s1. The largest absolute Gasteiger partial charge is 0.483 e. The van der Waals surface area contributed by atoms with E-state index in [4.69, 9.17) is 9.47 Å². The van der Waals surface area contributed by atoms with Gasteiger partial charge in [0.2, 0.25) is 0 Å². The highest BCUT2D eigenvalue weighted by atomic mass is 16.6. The monoisotopic (exact) mass is 512 g/mol. The molecule has 0 aromatic heterocycles. The molecule has 4 aliphatic rings. The molecule has 0 N–H and O–H groups in total. The van der Waals surface area contributed by atoms with E-state index >= 15 is 0 Å². The first-order valence-corrected chi connectivity index (χ1v) is 13.4. The number of hydrogen-bond donors (Lipinski definition) is 0. The number of amides is 1. The molecule has 1 spiro atoms. The number of carbonyl (C=O) groups excluding carboxylic acids is 3. The van der Waals surface area contributed by atoms with Crippen molar-refractivity contribution in [1.82, 2.24) is 9.80 Å². The van der Waals surface area contributed by atoms with Crippen LogP contribution in [0.25, 0.3) is 0 Å². The Balaban J connectivity index is 1.39. The second-order valence-corrected chi connectivity index (χ2v) is 11.1. The van der Waals surface area contributed by atoms with Gasteiger partial charge in [0.15, 0.2) is 11.5 Å². The fraction of sp³-hybridized carbons (Fsp3) is 0.452. The van der Waals surface area contributed by atoms with Gasteiger partial charge < -0.3 is 14.4 Å². The molecule has 7 nitrogen and oxygen atoms in total. The van der Waals surface area contributed by atoms with Crippen molar-refractivity contribution in [3.05, 3.63) is 59.2 Å². The molecule has 0 radical (unpaired) electrons. The predicted molar refractivity (Wildman–Crippen MR) is 141 cm³/mol. The lowest BCUT2D eigenvalue weighted by atomic mass is 9.51. The molecule has 6 rings (SSSR count). The summed E-state index contributed by atoms with van der Waals surface area (Å²) in [5.74, 6) is 6.73. The molecule has 2 aliphatic carbocycles. The van der Waals surface area contributed by atoms with Crippen molar-refractivity contribution in [3.63, 3.8) is 0 Å². The Morgan fingerprint density at radius 3 is 2.66 bits per heavy atom. The maximum Gasteiger partial charge on any atom is 0.308 e. The van der Waals surface area contributed by atoms with Gasteiger partial charge in [-0.1, -0.05) is 30.2 Å². The molecule has 1 amide bonds. The number of piperidine rings is 1. The number of esters is 1. The van der Waals surface area contributed by atoms with Crippen LogP contribution in [0, 0.1) is 17.8 Å². The van der Waals surface area contributed by atoms with Crippen LogP contribution in [0.1, 0.15) is 49.8 Å². The maximum absolute atomic E-state index is 13.3. The van der Waals surface area contributed by atoms with Crippen LogP contribution in [-0.4, -0.2) is 65.8 Å². The average Bonchev–Trinajstić information content (AvgIpc) is 3.24. The van der Waals surface area contributed by atoms with Crippen molar-refractivity contribution < 1.29 is 23.9 Å². The van der Waals surface area contributed by atoms with Crippen LogP contribution >= 0.6 is 0 Å². The molecule has 2 aliphatic heterocycles. The molecular weight excluding hydrogens is 480 g/mol. The van der Waals surface area contributed by atoms with Crippen LogP contribution in [-0.2, 0) is 26.2 Å². The van der Waals surface area contributed by atoms with Gasteiger partial charge in [0.25, 0.3) is 5.91 Å². The van der Waals surface area contributed by atoms with Gasteiger partial charge in [0.05, 0.1) is 12.6 Å². The second kappa shape index (κ2) is 9.28. The van der Waals surface area contributed by atoms with Crippen LogP contribution in [0.3, 0.4) is 0 Å². The number of rotatable bonds is 4. The van der Waals surface area contributed by atoms with Gasteiger partial charge >= 0.3 is 5.97 Å². The summed E-state index contributed by atoms with van der Waals surface area (Å²) in [5, 5.41) is 0. The van der Waals surface area contributed by atoms with E-state index in [9.17, 15) is 14.4 Å². The minimum atomic E-state index is -0.390. The Kier molecular flexibility index (Phi) is 6.03. The molecule has 196 valence electrons. The van der Waals surface area contributed by atoms with E-state index in [-0.39, 0.29) is 41.2 Å². The lowest BCUT2D eigenvalue weighted by molar-refractivity contribution is -0.136. The third-order valence-corrected chi connectivity index (χ3v) is 8.97. The molecule has 0 unspecified atom stereocenters. The average molecular weight is 513 g/mol. The summed E-state index contributed by atoms with van der Waals surface area (Å²) in [4.78, 5) is 41.4. The number of ketones is 1. The second-order valence-electron chi connectivity index (χ2n) is 11.1. The van der Waals surface area contributed by atoms with E-state index in [0.717, 1.165) is 43.4 Å². The zero-order valence-corrected chi connectivity index (χ0v) is 22.0. The summed E-state index contributed by atoms with van der Waals surface area (Å²) < 4.78 is 12.4. The molecule has 2 heterocycles. The maximum atomic E-state index is 13.3.